The number of alkyl halides is 3. The highest BCUT2D eigenvalue weighted by molar-refractivity contribution is 9.10. The van der Waals surface area contributed by atoms with Gasteiger partial charge in [-0.05, 0) is 47.0 Å². The van der Waals surface area contributed by atoms with Crippen LogP contribution in [0, 0.1) is 0 Å². The number of ether oxygens (including phenoxy) is 1. The van der Waals surface area contributed by atoms with Gasteiger partial charge in [0, 0.05) is 28.1 Å². The molecule has 170 valence electrons. The molecule has 0 aliphatic heterocycles. The Morgan fingerprint density at radius 2 is 2.09 bits per heavy atom. The zero-order chi connectivity index (χ0) is 23.2. The van der Waals surface area contributed by atoms with Crippen LogP contribution in [0.5, 0.6) is 0 Å². The fourth-order valence-corrected chi connectivity index (χ4v) is 5.65. The van der Waals surface area contributed by atoms with Gasteiger partial charge in [0.1, 0.15) is 4.88 Å². The second kappa shape index (κ2) is 8.68. The number of carbonyl (C=O) groups excluding carboxylic acids is 2. The van der Waals surface area contributed by atoms with Crippen LogP contribution in [0.15, 0.2) is 22.7 Å². The summed E-state index contributed by atoms with van der Waals surface area (Å²) >= 11 is 10.4. The highest BCUT2D eigenvalue weighted by Crippen LogP contribution is 2.47. The van der Waals surface area contributed by atoms with E-state index >= 15 is 0 Å². The van der Waals surface area contributed by atoms with E-state index in [4.69, 9.17) is 16.3 Å². The van der Waals surface area contributed by atoms with Crippen molar-refractivity contribution < 1.29 is 27.5 Å². The van der Waals surface area contributed by atoms with E-state index in [0.29, 0.717) is 21.5 Å². The van der Waals surface area contributed by atoms with Gasteiger partial charge < -0.3 is 10.1 Å². The minimum atomic E-state index is -4.57. The number of hydrogen-bond acceptors (Lipinski definition) is 5. The molecule has 1 aliphatic rings. The van der Waals surface area contributed by atoms with Crippen LogP contribution in [0.4, 0.5) is 18.9 Å². The number of carbonyl (C=O) groups is 2. The first kappa shape index (κ1) is 23.1. The molecule has 1 aliphatic carbocycles. The van der Waals surface area contributed by atoms with Crippen molar-refractivity contribution in [1.29, 1.82) is 0 Å². The van der Waals surface area contributed by atoms with Crippen molar-refractivity contribution in [2.24, 2.45) is 0 Å². The fraction of sp³-hybridized carbons (Fsp3) is 0.350. The number of halogens is 5. The number of nitrogens with one attached hydrogen (secondary N) is 1. The van der Waals surface area contributed by atoms with Gasteiger partial charge in [-0.3, -0.25) is 9.48 Å². The third-order valence-corrected chi connectivity index (χ3v) is 7.42. The number of nitrogens with zero attached hydrogens (tertiary/aromatic N) is 2. The molecule has 1 aromatic carbocycles. The first-order valence-corrected chi connectivity index (χ1v) is 11.5. The molecule has 0 unspecified atom stereocenters. The Morgan fingerprint density at radius 1 is 1.38 bits per heavy atom. The summed E-state index contributed by atoms with van der Waals surface area (Å²) in [6.07, 6.45) is -3.03. The van der Waals surface area contributed by atoms with Crippen molar-refractivity contribution >= 4 is 66.5 Å². The number of fused-ring (bicyclic) bond motifs is 1. The fourth-order valence-electron chi connectivity index (χ4n) is 3.35. The summed E-state index contributed by atoms with van der Waals surface area (Å²) in [6.45, 7) is 0.0198. The highest BCUT2D eigenvalue weighted by Gasteiger charge is 2.41. The van der Waals surface area contributed by atoms with E-state index in [1.165, 1.54) is 11.8 Å². The molecule has 0 saturated heterocycles. The van der Waals surface area contributed by atoms with Crippen LogP contribution in [0.2, 0.25) is 5.02 Å². The number of benzene rings is 1. The Balaban J connectivity index is 1.48. The quantitative estimate of drug-likeness (QED) is 0.370. The molecular formula is C20H16BrClF3N3O3S. The van der Waals surface area contributed by atoms with Crippen LogP contribution in [-0.4, -0.2) is 28.8 Å². The van der Waals surface area contributed by atoms with E-state index in [-0.39, 0.29) is 39.2 Å². The molecule has 3 aromatic rings. The summed E-state index contributed by atoms with van der Waals surface area (Å²) in [5.41, 5.74) is -0.00627. The Hall–Kier alpha value is -2.11. The van der Waals surface area contributed by atoms with Crippen LogP contribution in [0.1, 0.15) is 46.2 Å². The van der Waals surface area contributed by atoms with E-state index in [0.717, 1.165) is 24.2 Å². The van der Waals surface area contributed by atoms with Crippen LogP contribution in [0.3, 0.4) is 0 Å². The zero-order valence-corrected chi connectivity index (χ0v) is 19.7. The summed E-state index contributed by atoms with van der Waals surface area (Å²) < 4.78 is 46.3. The lowest BCUT2D eigenvalue weighted by atomic mass is 10.2. The molecule has 2 aromatic heterocycles. The molecule has 0 bridgehead atoms. The van der Waals surface area contributed by atoms with Gasteiger partial charge in [-0.15, -0.1) is 11.3 Å². The molecular weight excluding hydrogens is 535 g/mol. The smallest absolute Gasteiger partial charge is 0.436 e. The number of aromatic nitrogens is 2. The van der Waals surface area contributed by atoms with Crippen LogP contribution >= 0.6 is 38.9 Å². The first-order chi connectivity index (χ1) is 15.1. The molecule has 0 atom stereocenters. The van der Waals surface area contributed by atoms with E-state index in [2.05, 4.69) is 26.3 Å². The predicted molar refractivity (Wildman–Crippen MR) is 118 cm³/mol. The van der Waals surface area contributed by atoms with Gasteiger partial charge in [0.15, 0.2) is 5.69 Å². The van der Waals surface area contributed by atoms with E-state index < -0.39 is 17.8 Å². The van der Waals surface area contributed by atoms with Crippen molar-refractivity contribution in [1.82, 2.24) is 9.78 Å². The van der Waals surface area contributed by atoms with Gasteiger partial charge in [0.2, 0.25) is 5.91 Å². The van der Waals surface area contributed by atoms with Crippen LogP contribution < -0.4 is 5.32 Å². The molecule has 1 amide bonds. The summed E-state index contributed by atoms with van der Waals surface area (Å²) in [5.74, 6) is -0.898. The third kappa shape index (κ3) is 4.51. The van der Waals surface area contributed by atoms with E-state index in [1.54, 1.807) is 18.2 Å². The Morgan fingerprint density at radius 3 is 2.72 bits per heavy atom. The van der Waals surface area contributed by atoms with Crippen LogP contribution in [0.25, 0.3) is 10.1 Å². The SMILES string of the molecule is COC(=O)c1sc2cc(NC(=O)CCn3nc(C(F)(F)F)c(Br)c3C3CC3)ccc2c1Cl. The maximum absolute atomic E-state index is 13.2. The molecule has 4 rings (SSSR count). The monoisotopic (exact) mass is 549 g/mol. The molecule has 2 heterocycles. The van der Waals surface area contributed by atoms with Gasteiger partial charge in [0.25, 0.3) is 0 Å². The number of anilines is 1. The molecule has 32 heavy (non-hydrogen) atoms. The lowest BCUT2D eigenvalue weighted by molar-refractivity contribution is -0.142. The van der Waals surface area contributed by atoms with Crippen LogP contribution in [-0.2, 0) is 22.3 Å². The number of rotatable bonds is 6. The summed E-state index contributed by atoms with van der Waals surface area (Å²) in [5, 5.41) is 7.37. The molecule has 1 saturated carbocycles. The van der Waals surface area contributed by atoms with E-state index in [1.807, 2.05) is 0 Å². The molecule has 1 N–H and O–H groups in total. The molecule has 12 heteroatoms. The Bertz CT molecular complexity index is 1220. The highest BCUT2D eigenvalue weighted by atomic mass is 79.9. The number of esters is 1. The summed E-state index contributed by atoms with van der Waals surface area (Å²) in [7, 11) is 1.26. The molecule has 0 spiro atoms. The van der Waals surface area contributed by atoms with Gasteiger partial charge in [-0.25, -0.2) is 4.79 Å². The normalized spacial score (nSPS) is 14.1. The first-order valence-electron chi connectivity index (χ1n) is 9.53. The summed E-state index contributed by atoms with van der Waals surface area (Å²) in [6, 6.07) is 5.00. The zero-order valence-electron chi connectivity index (χ0n) is 16.6. The van der Waals surface area contributed by atoms with Gasteiger partial charge in [-0.2, -0.15) is 18.3 Å². The van der Waals surface area contributed by atoms with Crippen molar-refractivity contribution in [3.63, 3.8) is 0 Å². The second-order valence-electron chi connectivity index (χ2n) is 7.29. The van der Waals surface area contributed by atoms with E-state index in [9.17, 15) is 22.8 Å². The maximum Gasteiger partial charge on any atom is 0.436 e. The lowest BCUT2D eigenvalue weighted by Gasteiger charge is -2.08. The second-order valence-corrected chi connectivity index (χ2v) is 9.51. The predicted octanol–water partition coefficient (Wildman–Crippen LogP) is 6.23. The van der Waals surface area contributed by atoms with Gasteiger partial charge >= 0.3 is 12.1 Å². The molecule has 0 radical (unpaired) electrons. The summed E-state index contributed by atoms with van der Waals surface area (Å²) in [4.78, 5) is 24.5. The minimum absolute atomic E-state index is 0.0195. The van der Waals surface area contributed by atoms with Gasteiger partial charge in [0.05, 0.1) is 28.8 Å². The minimum Gasteiger partial charge on any atom is -0.465 e. The van der Waals surface area contributed by atoms with Crippen molar-refractivity contribution in [2.75, 3.05) is 12.4 Å². The lowest BCUT2D eigenvalue weighted by Crippen LogP contribution is -2.16. The number of amides is 1. The van der Waals surface area contributed by atoms with Crippen molar-refractivity contribution in [3.8, 4) is 0 Å². The maximum atomic E-state index is 13.2. The standard InChI is InChI=1S/C20H16BrClF3N3O3S/c1-31-19(30)17-15(22)11-5-4-10(8-12(11)32-17)26-13(29)6-7-28-16(9-2-3-9)14(21)18(27-28)20(23,24)25/h4-5,8-9H,2-3,6-7H2,1H3,(H,26,29). The van der Waals surface area contributed by atoms with Crippen molar-refractivity contribution in [2.45, 2.75) is 37.9 Å². The number of hydrogen-bond donors (Lipinski definition) is 1. The Labute approximate surface area is 197 Å². The average Bonchev–Trinajstić information content (AvgIpc) is 3.43. The average molecular weight is 551 g/mol. The Kier molecular flexibility index (Phi) is 6.25. The topological polar surface area (TPSA) is 73.2 Å². The largest absolute Gasteiger partial charge is 0.465 e. The number of thiophene rings is 1. The molecule has 6 nitrogen and oxygen atoms in total. The van der Waals surface area contributed by atoms with Crippen molar-refractivity contribution in [3.05, 3.63) is 44.0 Å². The number of aryl methyl sites for hydroxylation is 1. The third-order valence-electron chi connectivity index (χ3n) is 5.00. The number of methoxy groups -OCH3 is 1. The van der Waals surface area contributed by atoms with Gasteiger partial charge in [-0.1, -0.05) is 11.6 Å². The molecule has 1 fully saturated rings.